The second kappa shape index (κ2) is 16.2. The molecule has 1 aliphatic heterocycles. The van der Waals surface area contributed by atoms with Gasteiger partial charge in [-0.1, -0.05) is 78.4 Å². The minimum atomic E-state index is -1.29. The molecule has 7 heteroatoms. The maximum atomic E-state index is 10.2. The Hall–Kier alpha value is -0.150. The molecule has 5 rings (SSSR count). The second-order valence-corrected chi connectivity index (χ2v) is 18.2. The van der Waals surface area contributed by atoms with E-state index in [-0.39, 0.29) is 6.61 Å². The summed E-state index contributed by atoms with van der Waals surface area (Å²) < 4.78 is 12.1. The molecule has 6 nitrogen and oxygen atoms in total. The summed E-state index contributed by atoms with van der Waals surface area (Å²) in [5.74, 6) is 6.10. The van der Waals surface area contributed by atoms with Crippen molar-refractivity contribution in [2.45, 2.75) is 167 Å². The standard InChI is InChI=1S/C39H68O6S/c1-25(2)11-10-12-26(3)30-15-16-31-29-14-13-27-23-28(17-19-38(27,4)32(29)18-20-39(30,31)5)44-21-8-6-7-9-22-46-37-36(43)35(42)34(41)33(24-40)45-37/h13,25-26,28-37,40-43H,6-12,14-24H2,1-5H3/t26-,28+,29?,30?,31?,32?,33-,34+,35+,36-,37+,38+,39-/m1/s1. The molecular weight excluding hydrogens is 596 g/mol. The van der Waals surface area contributed by atoms with Crippen LogP contribution in [0.15, 0.2) is 11.6 Å². The molecule has 4 unspecified atom stereocenters. The molecule has 3 saturated carbocycles. The number of unbranched alkanes of at least 4 members (excludes halogenated alkanes) is 3. The molecule has 0 bridgehead atoms. The van der Waals surface area contributed by atoms with Crippen molar-refractivity contribution < 1.29 is 29.9 Å². The highest BCUT2D eigenvalue weighted by Crippen LogP contribution is 2.67. The Balaban J connectivity index is 1.02. The van der Waals surface area contributed by atoms with Gasteiger partial charge in [0.05, 0.1) is 12.7 Å². The van der Waals surface area contributed by atoms with Gasteiger partial charge in [-0.2, -0.15) is 0 Å². The van der Waals surface area contributed by atoms with Gasteiger partial charge in [-0.25, -0.2) is 0 Å². The van der Waals surface area contributed by atoms with Crippen molar-refractivity contribution in [3.05, 3.63) is 11.6 Å². The molecule has 1 heterocycles. The minimum absolute atomic E-state index is 0.369. The number of hydrogen-bond donors (Lipinski definition) is 4. The van der Waals surface area contributed by atoms with Crippen LogP contribution in [0.5, 0.6) is 0 Å². The Morgan fingerprint density at radius 1 is 0.891 bits per heavy atom. The van der Waals surface area contributed by atoms with E-state index in [1.165, 1.54) is 76.0 Å². The largest absolute Gasteiger partial charge is 0.394 e. The van der Waals surface area contributed by atoms with Crippen LogP contribution in [0.4, 0.5) is 0 Å². The topological polar surface area (TPSA) is 99.4 Å². The number of thioether (sulfide) groups is 1. The smallest absolute Gasteiger partial charge is 0.132 e. The van der Waals surface area contributed by atoms with Crippen LogP contribution in [0.3, 0.4) is 0 Å². The van der Waals surface area contributed by atoms with Gasteiger partial charge in [0.1, 0.15) is 29.9 Å². The molecular formula is C39H68O6S. The first kappa shape index (κ1) is 37.1. The lowest BCUT2D eigenvalue weighted by atomic mass is 9.47. The summed E-state index contributed by atoms with van der Waals surface area (Å²) in [6.45, 7) is 13.1. The van der Waals surface area contributed by atoms with Crippen LogP contribution in [0, 0.1) is 46.3 Å². The van der Waals surface area contributed by atoms with Crippen molar-refractivity contribution in [3.8, 4) is 0 Å². The SMILES string of the molecule is CC(C)CCC[C@@H](C)C1CCC2C3CC=C4C[C@@H](OCCCCCCS[C@@H]5O[C@H](CO)[C@H](O)[C@H](O)[C@H]5O)CC[C@]4(C)C3CC[C@@]21C. The van der Waals surface area contributed by atoms with Crippen LogP contribution < -0.4 is 0 Å². The van der Waals surface area contributed by atoms with Gasteiger partial charge in [-0.15, -0.1) is 11.8 Å². The second-order valence-electron chi connectivity index (χ2n) is 17.0. The maximum absolute atomic E-state index is 10.2. The molecule has 5 aliphatic rings. The first-order valence-corrected chi connectivity index (χ1v) is 20.3. The Morgan fingerprint density at radius 2 is 1.67 bits per heavy atom. The zero-order valence-corrected chi connectivity index (χ0v) is 30.6. The third-order valence-electron chi connectivity index (χ3n) is 13.8. The lowest BCUT2D eigenvalue weighted by Gasteiger charge is -2.58. The Morgan fingerprint density at radius 3 is 2.43 bits per heavy atom. The van der Waals surface area contributed by atoms with E-state index < -0.39 is 29.9 Å². The van der Waals surface area contributed by atoms with Gasteiger partial charge in [-0.05, 0) is 116 Å². The molecule has 0 radical (unpaired) electrons. The highest BCUT2D eigenvalue weighted by Gasteiger charge is 2.59. The summed E-state index contributed by atoms with van der Waals surface area (Å²) in [4.78, 5) is 0. The van der Waals surface area contributed by atoms with Gasteiger partial charge >= 0.3 is 0 Å². The van der Waals surface area contributed by atoms with Gasteiger partial charge in [0.15, 0.2) is 0 Å². The Kier molecular flexibility index (Phi) is 13.1. The van der Waals surface area contributed by atoms with Crippen molar-refractivity contribution in [2.75, 3.05) is 19.0 Å². The summed E-state index contributed by atoms with van der Waals surface area (Å²) in [6.07, 6.45) is 17.7. The van der Waals surface area contributed by atoms with Crippen LogP contribution in [-0.2, 0) is 9.47 Å². The normalized spacial score (nSPS) is 43.1. The number of aliphatic hydroxyl groups excluding tert-OH is 4. The fraction of sp³-hybridized carbons (Fsp3) is 0.949. The quantitative estimate of drug-likeness (QED) is 0.106. The summed E-state index contributed by atoms with van der Waals surface area (Å²) in [5, 5.41) is 39.5. The molecule has 4 N–H and O–H groups in total. The van der Waals surface area contributed by atoms with E-state index in [1.54, 1.807) is 5.57 Å². The van der Waals surface area contributed by atoms with Gasteiger partial charge in [0, 0.05) is 6.61 Å². The zero-order valence-electron chi connectivity index (χ0n) is 29.7. The van der Waals surface area contributed by atoms with Gasteiger partial charge in [-0.3, -0.25) is 0 Å². The fourth-order valence-corrected chi connectivity index (χ4v) is 12.2. The van der Waals surface area contributed by atoms with E-state index in [4.69, 9.17) is 9.47 Å². The molecule has 0 aromatic heterocycles. The van der Waals surface area contributed by atoms with Crippen molar-refractivity contribution in [3.63, 3.8) is 0 Å². The number of allylic oxidation sites excluding steroid dienone is 1. The molecule has 0 aromatic rings. The number of aliphatic hydroxyl groups is 4. The van der Waals surface area contributed by atoms with E-state index in [2.05, 4.69) is 40.7 Å². The summed E-state index contributed by atoms with van der Waals surface area (Å²) >= 11 is 1.45. The van der Waals surface area contributed by atoms with Gasteiger partial charge in [0.25, 0.3) is 0 Å². The molecule has 0 amide bonds. The lowest BCUT2D eigenvalue weighted by Crippen LogP contribution is -2.57. The third kappa shape index (κ3) is 7.92. The molecule has 4 fully saturated rings. The van der Waals surface area contributed by atoms with Gasteiger partial charge in [0.2, 0.25) is 0 Å². The highest BCUT2D eigenvalue weighted by molar-refractivity contribution is 7.99. The first-order chi connectivity index (χ1) is 22.0. The molecule has 13 atom stereocenters. The predicted octanol–water partition coefficient (Wildman–Crippen LogP) is 7.51. The number of hydrogen-bond acceptors (Lipinski definition) is 7. The van der Waals surface area contributed by atoms with E-state index in [0.717, 1.165) is 80.0 Å². The number of rotatable bonds is 15. The average molecular weight is 665 g/mol. The van der Waals surface area contributed by atoms with Crippen molar-refractivity contribution in [1.82, 2.24) is 0 Å². The van der Waals surface area contributed by atoms with E-state index in [0.29, 0.717) is 16.9 Å². The summed E-state index contributed by atoms with van der Waals surface area (Å²) in [6, 6.07) is 0. The fourth-order valence-electron chi connectivity index (χ4n) is 11.0. The van der Waals surface area contributed by atoms with Crippen LogP contribution in [-0.4, -0.2) is 75.3 Å². The summed E-state index contributed by atoms with van der Waals surface area (Å²) in [7, 11) is 0. The van der Waals surface area contributed by atoms with Crippen LogP contribution in [0.2, 0.25) is 0 Å². The third-order valence-corrected chi connectivity index (χ3v) is 15.0. The molecule has 0 spiro atoms. The lowest BCUT2D eigenvalue weighted by molar-refractivity contribution is -0.205. The van der Waals surface area contributed by atoms with E-state index in [1.807, 2.05) is 0 Å². The molecule has 0 aromatic carbocycles. The molecule has 4 aliphatic carbocycles. The van der Waals surface area contributed by atoms with E-state index in [9.17, 15) is 20.4 Å². The van der Waals surface area contributed by atoms with Crippen LogP contribution in [0.1, 0.15) is 131 Å². The zero-order chi connectivity index (χ0) is 33.1. The molecule has 1 saturated heterocycles. The van der Waals surface area contributed by atoms with Gasteiger partial charge < -0.3 is 29.9 Å². The highest BCUT2D eigenvalue weighted by atomic mass is 32.2. The monoisotopic (exact) mass is 664 g/mol. The first-order valence-electron chi connectivity index (χ1n) is 19.2. The Bertz CT molecular complexity index is 988. The number of ether oxygens (including phenoxy) is 2. The predicted molar refractivity (Wildman–Crippen MR) is 187 cm³/mol. The van der Waals surface area contributed by atoms with Crippen LogP contribution in [0.25, 0.3) is 0 Å². The summed E-state index contributed by atoms with van der Waals surface area (Å²) in [5.41, 5.74) is 2.03. The molecule has 46 heavy (non-hydrogen) atoms. The van der Waals surface area contributed by atoms with Crippen molar-refractivity contribution in [1.29, 1.82) is 0 Å². The van der Waals surface area contributed by atoms with Crippen LogP contribution >= 0.6 is 11.8 Å². The average Bonchev–Trinajstić information content (AvgIpc) is 3.39. The van der Waals surface area contributed by atoms with Crippen molar-refractivity contribution in [2.24, 2.45) is 46.3 Å². The minimum Gasteiger partial charge on any atom is -0.394 e. The maximum Gasteiger partial charge on any atom is 0.132 e. The van der Waals surface area contributed by atoms with Crippen molar-refractivity contribution >= 4 is 11.8 Å². The molecule has 266 valence electrons. The number of fused-ring (bicyclic) bond motifs is 5. The Labute approximate surface area is 284 Å². The van der Waals surface area contributed by atoms with E-state index >= 15 is 0 Å².